The molecule has 1 amide bonds. The minimum atomic E-state index is -0.441. The zero-order chi connectivity index (χ0) is 19.0. The van der Waals surface area contributed by atoms with Crippen molar-refractivity contribution in [3.05, 3.63) is 69.5 Å². The van der Waals surface area contributed by atoms with Crippen LogP contribution in [0.5, 0.6) is 0 Å². The van der Waals surface area contributed by atoms with Crippen LogP contribution >= 0.6 is 0 Å². The SMILES string of the molecule is Cc1c(C(=O)N2CCC(c3c[nH]c4ncccc34)CC2)cccc1[N+](=O)[O-]. The van der Waals surface area contributed by atoms with Gasteiger partial charge in [-0.3, -0.25) is 14.9 Å². The molecule has 3 heterocycles. The van der Waals surface area contributed by atoms with Gasteiger partial charge in [-0.05, 0) is 49.4 Å². The quantitative estimate of drug-likeness (QED) is 0.565. The smallest absolute Gasteiger partial charge is 0.273 e. The van der Waals surface area contributed by atoms with Crippen LogP contribution < -0.4 is 0 Å². The van der Waals surface area contributed by atoms with E-state index in [0.29, 0.717) is 30.1 Å². The van der Waals surface area contributed by atoms with Crippen molar-refractivity contribution in [3.8, 4) is 0 Å². The van der Waals surface area contributed by atoms with E-state index < -0.39 is 4.92 Å². The highest BCUT2D eigenvalue weighted by molar-refractivity contribution is 5.96. The van der Waals surface area contributed by atoms with Gasteiger partial charge in [0.05, 0.1) is 4.92 Å². The van der Waals surface area contributed by atoms with Gasteiger partial charge in [0, 0.05) is 48.1 Å². The summed E-state index contributed by atoms with van der Waals surface area (Å²) in [4.78, 5) is 32.9. The van der Waals surface area contributed by atoms with Crippen LogP contribution in [0, 0.1) is 17.0 Å². The Morgan fingerprint density at radius 2 is 2.04 bits per heavy atom. The average molecular weight is 364 g/mol. The van der Waals surface area contributed by atoms with E-state index in [1.807, 2.05) is 12.3 Å². The number of carbonyl (C=O) groups is 1. The lowest BCUT2D eigenvalue weighted by molar-refractivity contribution is -0.385. The number of benzene rings is 1. The van der Waals surface area contributed by atoms with Crippen molar-refractivity contribution in [2.75, 3.05) is 13.1 Å². The van der Waals surface area contributed by atoms with Gasteiger partial charge < -0.3 is 9.88 Å². The molecule has 1 aliphatic rings. The Labute approximate surface area is 156 Å². The van der Waals surface area contributed by atoms with Crippen molar-refractivity contribution in [1.82, 2.24) is 14.9 Å². The molecule has 27 heavy (non-hydrogen) atoms. The molecule has 1 aliphatic heterocycles. The standard InChI is InChI=1S/C20H20N4O3/c1-13-15(4-2-6-18(13)24(26)27)20(25)23-10-7-14(8-11-23)17-12-22-19-16(17)5-3-9-21-19/h2-6,9,12,14H,7-8,10-11H2,1H3,(H,21,22). The number of nitro benzene ring substituents is 1. The van der Waals surface area contributed by atoms with Gasteiger partial charge in [-0.1, -0.05) is 6.07 Å². The number of nitro groups is 1. The summed E-state index contributed by atoms with van der Waals surface area (Å²) in [6.07, 6.45) is 5.51. The highest BCUT2D eigenvalue weighted by atomic mass is 16.6. The van der Waals surface area contributed by atoms with E-state index in [1.165, 1.54) is 11.6 Å². The number of aromatic amines is 1. The van der Waals surface area contributed by atoms with E-state index in [4.69, 9.17) is 0 Å². The van der Waals surface area contributed by atoms with Gasteiger partial charge in [0.1, 0.15) is 5.65 Å². The molecule has 0 radical (unpaired) electrons. The van der Waals surface area contributed by atoms with E-state index in [2.05, 4.69) is 16.0 Å². The zero-order valence-electron chi connectivity index (χ0n) is 15.0. The summed E-state index contributed by atoms with van der Waals surface area (Å²) < 4.78 is 0. The molecule has 1 saturated heterocycles. The van der Waals surface area contributed by atoms with Crippen molar-refractivity contribution in [1.29, 1.82) is 0 Å². The number of nitrogens with one attached hydrogen (secondary N) is 1. The summed E-state index contributed by atoms with van der Waals surface area (Å²) in [6, 6.07) is 8.68. The molecule has 138 valence electrons. The molecule has 0 saturated carbocycles. The van der Waals surface area contributed by atoms with Crippen molar-refractivity contribution >= 4 is 22.6 Å². The second-order valence-corrected chi connectivity index (χ2v) is 6.92. The number of pyridine rings is 1. The number of aromatic nitrogens is 2. The van der Waals surface area contributed by atoms with Crippen molar-refractivity contribution in [2.24, 2.45) is 0 Å². The van der Waals surface area contributed by atoms with E-state index in [9.17, 15) is 14.9 Å². The van der Waals surface area contributed by atoms with Crippen LogP contribution in [-0.4, -0.2) is 38.8 Å². The van der Waals surface area contributed by atoms with Crippen molar-refractivity contribution in [3.63, 3.8) is 0 Å². The molecule has 7 heteroatoms. The average Bonchev–Trinajstić information content (AvgIpc) is 3.12. The van der Waals surface area contributed by atoms with Gasteiger partial charge in [-0.25, -0.2) is 4.98 Å². The number of rotatable bonds is 3. The van der Waals surface area contributed by atoms with E-state index in [1.54, 1.807) is 30.2 Å². The van der Waals surface area contributed by atoms with Crippen LogP contribution in [0.1, 0.15) is 40.2 Å². The molecule has 0 bridgehead atoms. The molecule has 0 unspecified atom stereocenters. The Hall–Kier alpha value is -3.22. The molecule has 1 fully saturated rings. The third-order valence-electron chi connectivity index (χ3n) is 5.44. The van der Waals surface area contributed by atoms with Crippen LogP contribution in [0.15, 0.2) is 42.7 Å². The summed E-state index contributed by atoms with van der Waals surface area (Å²) in [7, 11) is 0. The van der Waals surface area contributed by atoms with Gasteiger partial charge in [-0.15, -0.1) is 0 Å². The first-order chi connectivity index (χ1) is 13.1. The Morgan fingerprint density at radius 3 is 2.78 bits per heavy atom. The summed E-state index contributed by atoms with van der Waals surface area (Å²) in [5, 5.41) is 12.3. The van der Waals surface area contributed by atoms with E-state index in [-0.39, 0.29) is 11.6 Å². The molecule has 3 aromatic rings. The molecular formula is C20H20N4O3. The largest absolute Gasteiger partial charge is 0.346 e. The number of hydrogen-bond acceptors (Lipinski definition) is 4. The van der Waals surface area contributed by atoms with Crippen LogP contribution in [-0.2, 0) is 0 Å². The van der Waals surface area contributed by atoms with Crippen LogP contribution in [0.3, 0.4) is 0 Å². The first-order valence-electron chi connectivity index (χ1n) is 9.01. The molecule has 4 rings (SSSR count). The lowest BCUT2D eigenvalue weighted by Crippen LogP contribution is -2.38. The number of hydrogen-bond donors (Lipinski definition) is 1. The third kappa shape index (κ3) is 3.05. The Kier molecular flexibility index (Phi) is 4.35. The lowest BCUT2D eigenvalue weighted by atomic mass is 9.89. The Balaban J connectivity index is 1.50. The van der Waals surface area contributed by atoms with Gasteiger partial charge in [-0.2, -0.15) is 0 Å². The maximum absolute atomic E-state index is 12.9. The molecule has 2 aromatic heterocycles. The lowest BCUT2D eigenvalue weighted by Gasteiger charge is -2.32. The van der Waals surface area contributed by atoms with Gasteiger partial charge >= 0.3 is 0 Å². The maximum atomic E-state index is 12.9. The minimum absolute atomic E-state index is 0.0120. The maximum Gasteiger partial charge on any atom is 0.273 e. The molecule has 1 N–H and O–H groups in total. The summed E-state index contributed by atoms with van der Waals surface area (Å²) in [6.45, 7) is 2.91. The number of likely N-dealkylation sites (tertiary alicyclic amines) is 1. The van der Waals surface area contributed by atoms with Gasteiger partial charge in [0.25, 0.3) is 11.6 Å². The topological polar surface area (TPSA) is 92.1 Å². The monoisotopic (exact) mass is 364 g/mol. The molecule has 1 aromatic carbocycles. The molecule has 0 aliphatic carbocycles. The highest BCUT2D eigenvalue weighted by Gasteiger charge is 2.28. The van der Waals surface area contributed by atoms with Crippen molar-refractivity contribution < 1.29 is 9.72 Å². The fraction of sp³-hybridized carbons (Fsp3) is 0.300. The third-order valence-corrected chi connectivity index (χ3v) is 5.44. The first-order valence-corrected chi connectivity index (χ1v) is 9.01. The Morgan fingerprint density at radius 1 is 1.26 bits per heavy atom. The number of amides is 1. The van der Waals surface area contributed by atoms with Crippen molar-refractivity contribution in [2.45, 2.75) is 25.7 Å². The van der Waals surface area contributed by atoms with Gasteiger partial charge in [0.15, 0.2) is 0 Å². The number of carbonyl (C=O) groups excluding carboxylic acids is 1. The second kappa shape index (κ2) is 6.83. The predicted octanol–water partition coefficient (Wildman–Crippen LogP) is 3.80. The summed E-state index contributed by atoms with van der Waals surface area (Å²) in [5.41, 5.74) is 2.97. The molecule has 0 spiro atoms. The summed E-state index contributed by atoms with van der Waals surface area (Å²) >= 11 is 0. The van der Waals surface area contributed by atoms with E-state index >= 15 is 0 Å². The zero-order valence-corrected chi connectivity index (χ0v) is 15.0. The number of fused-ring (bicyclic) bond motifs is 1. The number of piperidine rings is 1. The first kappa shape index (κ1) is 17.2. The predicted molar refractivity (Wildman–Crippen MR) is 102 cm³/mol. The number of nitrogens with zero attached hydrogens (tertiary/aromatic N) is 3. The molecular weight excluding hydrogens is 344 g/mol. The minimum Gasteiger partial charge on any atom is -0.346 e. The highest BCUT2D eigenvalue weighted by Crippen LogP contribution is 2.33. The fourth-order valence-electron chi connectivity index (χ4n) is 3.93. The fourth-order valence-corrected chi connectivity index (χ4v) is 3.93. The summed E-state index contributed by atoms with van der Waals surface area (Å²) in [5.74, 6) is 0.244. The molecule has 0 atom stereocenters. The van der Waals surface area contributed by atoms with E-state index in [0.717, 1.165) is 23.9 Å². The van der Waals surface area contributed by atoms with Gasteiger partial charge in [0.2, 0.25) is 0 Å². The number of H-pyrrole nitrogens is 1. The normalized spacial score (nSPS) is 15.2. The van der Waals surface area contributed by atoms with Crippen LogP contribution in [0.2, 0.25) is 0 Å². The second-order valence-electron chi connectivity index (χ2n) is 6.92. The van der Waals surface area contributed by atoms with Crippen LogP contribution in [0.4, 0.5) is 5.69 Å². The Bertz CT molecular complexity index is 1020. The molecule has 7 nitrogen and oxygen atoms in total. The van der Waals surface area contributed by atoms with Crippen LogP contribution in [0.25, 0.3) is 11.0 Å².